The van der Waals surface area contributed by atoms with Gasteiger partial charge in [-0.1, -0.05) is 50.5 Å². The predicted molar refractivity (Wildman–Crippen MR) is 108 cm³/mol. The third-order valence-electron chi connectivity index (χ3n) is 6.72. The third-order valence-corrected chi connectivity index (χ3v) is 6.72. The normalized spacial score (nSPS) is 28.1. The van der Waals surface area contributed by atoms with Gasteiger partial charge in [-0.15, -0.1) is 0 Å². The zero-order valence-electron chi connectivity index (χ0n) is 16.8. The molecule has 0 saturated heterocycles. The van der Waals surface area contributed by atoms with E-state index >= 15 is 0 Å². The molecule has 152 valence electrons. The van der Waals surface area contributed by atoms with Gasteiger partial charge in [0.15, 0.2) is 17.5 Å². The summed E-state index contributed by atoms with van der Waals surface area (Å²) in [6, 6.07) is 1.86. The van der Waals surface area contributed by atoms with Gasteiger partial charge in [-0.25, -0.2) is 13.2 Å². The van der Waals surface area contributed by atoms with Crippen LogP contribution in [0, 0.1) is 53.0 Å². The molecule has 0 aromatic heterocycles. The molecule has 0 radical (unpaired) electrons. The molecule has 0 spiro atoms. The van der Waals surface area contributed by atoms with Gasteiger partial charge in [-0.3, -0.25) is 0 Å². The number of hydrogen-bond acceptors (Lipinski definition) is 0. The molecule has 28 heavy (non-hydrogen) atoms. The van der Waals surface area contributed by atoms with Crippen LogP contribution in [0.15, 0.2) is 24.3 Å². The van der Waals surface area contributed by atoms with Gasteiger partial charge in [0.1, 0.15) is 0 Å². The minimum absolute atomic E-state index is 0.156. The molecule has 3 rings (SSSR count). The van der Waals surface area contributed by atoms with E-state index in [1.54, 1.807) is 6.08 Å². The van der Waals surface area contributed by atoms with Crippen molar-refractivity contribution in [3.05, 3.63) is 47.3 Å². The average molecular weight is 389 g/mol. The Bertz CT molecular complexity index is 701. The summed E-state index contributed by atoms with van der Waals surface area (Å²) >= 11 is 0. The van der Waals surface area contributed by atoms with E-state index in [-0.39, 0.29) is 5.56 Å². The lowest BCUT2D eigenvalue weighted by atomic mass is 9.69. The molecule has 2 fully saturated rings. The van der Waals surface area contributed by atoms with Crippen LogP contribution in [0.25, 0.3) is 0 Å². The summed E-state index contributed by atoms with van der Waals surface area (Å²) in [6.07, 6.45) is 17.4. The Morgan fingerprint density at radius 3 is 2.04 bits per heavy atom. The molecule has 0 atom stereocenters. The van der Waals surface area contributed by atoms with Crippen LogP contribution in [-0.4, -0.2) is 0 Å². The monoisotopic (exact) mass is 388 g/mol. The van der Waals surface area contributed by atoms with Crippen LogP contribution >= 0.6 is 0 Å². The molecule has 0 bridgehead atoms. The van der Waals surface area contributed by atoms with Crippen molar-refractivity contribution in [3.63, 3.8) is 0 Å². The lowest BCUT2D eigenvalue weighted by Crippen LogP contribution is -2.25. The largest absolute Gasteiger partial charge is 0.204 e. The molecule has 0 unspecified atom stereocenters. The fourth-order valence-corrected chi connectivity index (χ4v) is 5.10. The number of rotatable bonds is 4. The molecule has 1 aromatic rings. The van der Waals surface area contributed by atoms with Crippen molar-refractivity contribution in [1.29, 1.82) is 0 Å². The molecule has 2 aliphatic rings. The highest BCUT2D eigenvalue weighted by Crippen LogP contribution is 2.42. The van der Waals surface area contributed by atoms with E-state index in [9.17, 15) is 13.2 Å². The van der Waals surface area contributed by atoms with E-state index in [0.29, 0.717) is 5.92 Å². The van der Waals surface area contributed by atoms with Gasteiger partial charge in [-0.2, -0.15) is 0 Å². The Balaban J connectivity index is 1.44. The fraction of sp³-hybridized carbons (Fsp3) is 0.600. The second-order valence-corrected chi connectivity index (χ2v) is 8.63. The second kappa shape index (κ2) is 10.2. The van der Waals surface area contributed by atoms with Crippen molar-refractivity contribution in [3.8, 4) is 11.8 Å². The standard InChI is InChI=1S/C25H31F3/c1-2-5-18-8-12-21(13-9-18)22-14-10-19(11-15-22)6-3-4-7-20-16-23(26)25(28)24(27)17-20/h3,6,16-19,21-22H,2,5,8-15H2,1H3/b6-3+/t18-,19?,21-,22?. The van der Waals surface area contributed by atoms with Gasteiger partial charge in [0.05, 0.1) is 0 Å². The van der Waals surface area contributed by atoms with Crippen LogP contribution in [0.3, 0.4) is 0 Å². The summed E-state index contributed by atoms with van der Waals surface area (Å²) in [4.78, 5) is 0. The SMILES string of the molecule is CCC[C@H]1CC[C@H](C2CCC(/C=C/C#Cc3cc(F)c(F)c(F)c3)CC2)CC1. The highest BCUT2D eigenvalue weighted by atomic mass is 19.2. The smallest absolute Gasteiger partial charge is 0.194 e. The van der Waals surface area contributed by atoms with E-state index in [4.69, 9.17) is 0 Å². The summed E-state index contributed by atoms with van der Waals surface area (Å²) in [7, 11) is 0. The molecule has 1 aromatic carbocycles. The summed E-state index contributed by atoms with van der Waals surface area (Å²) in [6.45, 7) is 2.29. The topological polar surface area (TPSA) is 0 Å². The minimum atomic E-state index is -1.45. The second-order valence-electron chi connectivity index (χ2n) is 8.63. The van der Waals surface area contributed by atoms with Gasteiger partial charge >= 0.3 is 0 Å². The van der Waals surface area contributed by atoms with Crippen LogP contribution < -0.4 is 0 Å². The molecule has 2 aliphatic carbocycles. The van der Waals surface area contributed by atoms with Crippen molar-refractivity contribution >= 4 is 0 Å². The zero-order chi connectivity index (χ0) is 19.9. The molecule has 0 N–H and O–H groups in total. The Kier molecular flexibility index (Phi) is 7.65. The van der Waals surface area contributed by atoms with Gasteiger partial charge in [-0.05, 0) is 80.4 Å². The predicted octanol–water partition coefficient (Wildman–Crippen LogP) is 7.42. The summed E-state index contributed by atoms with van der Waals surface area (Å²) < 4.78 is 39.3. The molecule has 0 amide bonds. The van der Waals surface area contributed by atoms with Crippen LogP contribution in [0.5, 0.6) is 0 Å². The fourth-order valence-electron chi connectivity index (χ4n) is 5.10. The molecule has 3 heteroatoms. The van der Waals surface area contributed by atoms with E-state index in [1.165, 1.54) is 64.2 Å². The van der Waals surface area contributed by atoms with Gasteiger partial charge < -0.3 is 0 Å². The third kappa shape index (κ3) is 5.66. The van der Waals surface area contributed by atoms with Gasteiger partial charge in [0.2, 0.25) is 0 Å². The van der Waals surface area contributed by atoms with Crippen LogP contribution in [0.4, 0.5) is 13.2 Å². The van der Waals surface area contributed by atoms with Gasteiger partial charge in [0.25, 0.3) is 0 Å². The lowest BCUT2D eigenvalue weighted by Gasteiger charge is -2.37. The molecule has 2 saturated carbocycles. The first-order valence-electron chi connectivity index (χ1n) is 10.9. The lowest BCUT2D eigenvalue weighted by molar-refractivity contribution is 0.152. The van der Waals surface area contributed by atoms with E-state index in [0.717, 1.165) is 29.9 Å². The van der Waals surface area contributed by atoms with Crippen LogP contribution in [0.2, 0.25) is 0 Å². The summed E-state index contributed by atoms with van der Waals surface area (Å²) in [5.74, 6) is 5.01. The van der Waals surface area contributed by atoms with Crippen LogP contribution in [-0.2, 0) is 0 Å². The van der Waals surface area contributed by atoms with Gasteiger partial charge in [0, 0.05) is 5.56 Å². The average Bonchev–Trinajstić information content (AvgIpc) is 2.71. The quantitative estimate of drug-likeness (QED) is 0.372. The highest BCUT2D eigenvalue weighted by Gasteiger charge is 2.29. The van der Waals surface area contributed by atoms with E-state index in [2.05, 4.69) is 24.8 Å². The molecule has 0 heterocycles. The number of halogens is 3. The number of hydrogen-bond donors (Lipinski definition) is 0. The Labute approximate surface area is 167 Å². The maximum absolute atomic E-state index is 13.2. The van der Waals surface area contributed by atoms with Crippen molar-refractivity contribution in [1.82, 2.24) is 0 Å². The first-order chi connectivity index (χ1) is 13.6. The Morgan fingerprint density at radius 1 is 0.893 bits per heavy atom. The number of allylic oxidation sites excluding steroid dienone is 2. The molecule has 0 aliphatic heterocycles. The first-order valence-corrected chi connectivity index (χ1v) is 10.9. The highest BCUT2D eigenvalue weighted by molar-refractivity contribution is 5.37. The minimum Gasteiger partial charge on any atom is -0.204 e. The van der Waals surface area contributed by atoms with Crippen molar-refractivity contribution in [2.45, 2.75) is 71.1 Å². The Morgan fingerprint density at radius 2 is 1.46 bits per heavy atom. The molecular formula is C25H31F3. The maximum Gasteiger partial charge on any atom is 0.194 e. The molecular weight excluding hydrogens is 357 g/mol. The first kappa shape index (κ1) is 21.0. The van der Waals surface area contributed by atoms with Crippen LogP contribution in [0.1, 0.15) is 76.7 Å². The molecule has 0 nitrogen and oxygen atoms in total. The van der Waals surface area contributed by atoms with Crippen molar-refractivity contribution in [2.75, 3.05) is 0 Å². The van der Waals surface area contributed by atoms with Crippen molar-refractivity contribution < 1.29 is 13.2 Å². The number of benzene rings is 1. The van der Waals surface area contributed by atoms with E-state index in [1.807, 2.05) is 0 Å². The summed E-state index contributed by atoms with van der Waals surface area (Å²) in [5.41, 5.74) is 0.156. The summed E-state index contributed by atoms with van der Waals surface area (Å²) in [5, 5.41) is 0. The Hall–Kier alpha value is -1.69. The van der Waals surface area contributed by atoms with E-state index < -0.39 is 17.5 Å². The maximum atomic E-state index is 13.2. The zero-order valence-corrected chi connectivity index (χ0v) is 16.8. The van der Waals surface area contributed by atoms with Crippen molar-refractivity contribution in [2.24, 2.45) is 23.7 Å².